The van der Waals surface area contributed by atoms with Gasteiger partial charge in [-0.15, -0.1) is 0 Å². The van der Waals surface area contributed by atoms with Gasteiger partial charge in [0, 0.05) is 30.7 Å². The lowest BCUT2D eigenvalue weighted by atomic mass is 10.00. The van der Waals surface area contributed by atoms with E-state index in [1.807, 2.05) is 12.1 Å². The van der Waals surface area contributed by atoms with Gasteiger partial charge in [-0.05, 0) is 35.7 Å². The minimum atomic E-state index is -0.587. The van der Waals surface area contributed by atoms with E-state index in [4.69, 9.17) is 4.74 Å². The lowest BCUT2D eigenvalue weighted by Gasteiger charge is -2.32. The van der Waals surface area contributed by atoms with Crippen molar-refractivity contribution in [3.05, 3.63) is 63.6 Å². The predicted molar refractivity (Wildman–Crippen MR) is 107 cm³/mol. The summed E-state index contributed by atoms with van der Waals surface area (Å²) in [6, 6.07) is 13.9. The molecule has 4 rings (SSSR count). The summed E-state index contributed by atoms with van der Waals surface area (Å²) in [5.74, 6) is 0.511. The molecule has 0 fully saturated rings. The standard InChI is InChI=1S/C21H23BrN2O3/c22-17-5-6-19-20(11-17)27-10-9-24(21(19)26)14-18(25)13-23-8-7-15-3-1-2-4-16(15)12-23/h1-6,11,18,25H,7-10,12-14H2. The number of hydrogen-bond acceptors (Lipinski definition) is 4. The molecule has 0 aromatic heterocycles. The number of hydrogen-bond donors (Lipinski definition) is 1. The van der Waals surface area contributed by atoms with E-state index in [9.17, 15) is 9.90 Å². The van der Waals surface area contributed by atoms with Crippen molar-refractivity contribution in [3.63, 3.8) is 0 Å². The summed E-state index contributed by atoms with van der Waals surface area (Å²) in [5.41, 5.74) is 3.27. The first-order valence-electron chi connectivity index (χ1n) is 9.29. The van der Waals surface area contributed by atoms with E-state index in [-0.39, 0.29) is 5.91 Å². The molecule has 0 saturated carbocycles. The first-order valence-corrected chi connectivity index (χ1v) is 10.1. The molecule has 2 aromatic rings. The molecule has 2 heterocycles. The fourth-order valence-electron chi connectivity index (χ4n) is 3.82. The van der Waals surface area contributed by atoms with Crippen LogP contribution in [0.3, 0.4) is 0 Å². The van der Waals surface area contributed by atoms with Crippen LogP contribution in [0.2, 0.25) is 0 Å². The van der Waals surface area contributed by atoms with Gasteiger partial charge in [0.15, 0.2) is 0 Å². The number of benzene rings is 2. The van der Waals surface area contributed by atoms with E-state index < -0.39 is 6.10 Å². The number of amides is 1. The quantitative estimate of drug-likeness (QED) is 0.809. The molecule has 2 aliphatic rings. The summed E-state index contributed by atoms with van der Waals surface area (Å²) >= 11 is 3.41. The van der Waals surface area contributed by atoms with Crippen molar-refractivity contribution in [2.24, 2.45) is 0 Å². The SMILES string of the molecule is O=C1c2ccc(Br)cc2OCCN1CC(O)CN1CCc2ccccc2C1. The zero-order valence-electron chi connectivity index (χ0n) is 15.1. The molecule has 2 aliphatic heterocycles. The lowest BCUT2D eigenvalue weighted by molar-refractivity contribution is 0.0501. The molecule has 0 bridgehead atoms. The normalized spacial score (nSPS) is 18.3. The highest BCUT2D eigenvalue weighted by Gasteiger charge is 2.26. The average molecular weight is 431 g/mol. The zero-order chi connectivity index (χ0) is 18.8. The Balaban J connectivity index is 1.39. The minimum absolute atomic E-state index is 0.0851. The zero-order valence-corrected chi connectivity index (χ0v) is 16.7. The van der Waals surface area contributed by atoms with Gasteiger partial charge in [0.2, 0.25) is 0 Å². The molecule has 0 saturated heterocycles. The summed E-state index contributed by atoms with van der Waals surface area (Å²) in [6.07, 6.45) is 0.415. The summed E-state index contributed by atoms with van der Waals surface area (Å²) in [6.45, 7) is 3.56. The molecule has 5 nitrogen and oxygen atoms in total. The van der Waals surface area contributed by atoms with Crippen LogP contribution in [0, 0.1) is 0 Å². The van der Waals surface area contributed by atoms with E-state index in [1.165, 1.54) is 11.1 Å². The Labute approximate surface area is 167 Å². The van der Waals surface area contributed by atoms with Gasteiger partial charge in [-0.25, -0.2) is 0 Å². The number of nitrogens with zero attached hydrogens (tertiary/aromatic N) is 2. The van der Waals surface area contributed by atoms with Crippen molar-refractivity contribution in [1.29, 1.82) is 0 Å². The molecule has 6 heteroatoms. The second kappa shape index (κ2) is 8.00. The fourth-order valence-corrected chi connectivity index (χ4v) is 4.16. The number of aliphatic hydroxyl groups is 1. The smallest absolute Gasteiger partial charge is 0.257 e. The molecule has 0 aliphatic carbocycles. The molecule has 1 atom stereocenters. The molecule has 2 aromatic carbocycles. The van der Waals surface area contributed by atoms with E-state index in [1.54, 1.807) is 11.0 Å². The molecule has 1 unspecified atom stereocenters. The number of ether oxygens (including phenoxy) is 1. The first-order chi connectivity index (χ1) is 13.1. The Morgan fingerprint density at radius 2 is 1.93 bits per heavy atom. The third-order valence-electron chi connectivity index (χ3n) is 5.19. The number of β-amino-alcohol motifs (C(OH)–C–C–N with tert-alkyl or cyclic N) is 1. The number of fused-ring (bicyclic) bond motifs is 2. The predicted octanol–water partition coefficient (Wildman–Crippen LogP) is 2.70. The lowest BCUT2D eigenvalue weighted by Crippen LogP contribution is -2.44. The van der Waals surface area contributed by atoms with Gasteiger partial charge in [0.25, 0.3) is 5.91 Å². The Kier molecular flexibility index (Phi) is 5.48. The number of carbonyl (C=O) groups is 1. The highest BCUT2D eigenvalue weighted by Crippen LogP contribution is 2.27. The van der Waals surface area contributed by atoms with Gasteiger partial charge < -0.3 is 14.7 Å². The number of halogens is 1. The molecule has 142 valence electrons. The second-order valence-electron chi connectivity index (χ2n) is 7.15. The Morgan fingerprint density at radius 1 is 1.11 bits per heavy atom. The number of aliphatic hydroxyl groups excluding tert-OH is 1. The summed E-state index contributed by atoms with van der Waals surface area (Å²) in [4.78, 5) is 16.8. The maximum Gasteiger partial charge on any atom is 0.257 e. The van der Waals surface area contributed by atoms with Crippen molar-refractivity contribution in [2.75, 3.05) is 32.8 Å². The molecule has 0 spiro atoms. The van der Waals surface area contributed by atoms with Crippen LogP contribution in [-0.4, -0.2) is 59.7 Å². The Bertz CT molecular complexity index is 842. The van der Waals surface area contributed by atoms with Gasteiger partial charge in [-0.2, -0.15) is 0 Å². The molecular weight excluding hydrogens is 408 g/mol. The second-order valence-corrected chi connectivity index (χ2v) is 8.06. The van der Waals surface area contributed by atoms with Crippen molar-refractivity contribution in [3.8, 4) is 5.75 Å². The van der Waals surface area contributed by atoms with E-state index >= 15 is 0 Å². The van der Waals surface area contributed by atoms with E-state index in [0.717, 1.165) is 24.0 Å². The fraction of sp³-hybridized carbons (Fsp3) is 0.381. The van der Waals surface area contributed by atoms with Crippen LogP contribution in [0.4, 0.5) is 0 Å². The number of rotatable bonds is 4. The molecule has 1 N–H and O–H groups in total. The topological polar surface area (TPSA) is 53.0 Å². The van der Waals surface area contributed by atoms with E-state index in [0.29, 0.717) is 37.6 Å². The van der Waals surface area contributed by atoms with Crippen LogP contribution >= 0.6 is 15.9 Å². The minimum Gasteiger partial charge on any atom is -0.491 e. The summed E-state index contributed by atoms with van der Waals surface area (Å²) in [5, 5.41) is 10.6. The van der Waals surface area contributed by atoms with Gasteiger partial charge >= 0.3 is 0 Å². The van der Waals surface area contributed by atoms with Gasteiger partial charge in [-0.1, -0.05) is 40.2 Å². The average Bonchev–Trinajstić information content (AvgIpc) is 2.80. The van der Waals surface area contributed by atoms with Crippen molar-refractivity contribution < 1.29 is 14.6 Å². The highest BCUT2D eigenvalue weighted by atomic mass is 79.9. The Morgan fingerprint density at radius 3 is 2.78 bits per heavy atom. The maximum absolute atomic E-state index is 12.8. The summed E-state index contributed by atoms with van der Waals surface area (Å²) in [7, 11) is 0. The highest BCUT2D eigenvalue weighted by molar-refractivity contribution is 9.10. The number of carbonyl (C=O) groups excluding carboxylic acids is 1. The van der Waals surface area contributed by atoms with Crippen molar-refractivity contribution >= 4 is 21.8 Å². The third kappa shape index (κ3) is 4.18. The first kappa shape index (κ1) is 18.5. The van der Waals surface area contributed by atoms with Crippen LogP contribution in [0.25, 0.3) is 0 Å². The Hall–Kier alpha value is -1.89. The molecule has 1 amide bonds. The monoisotopic (exact) mass is 430 g/mol. The van der Waals surface area contributed by atoms with Crippen LogP contribution in [-0.2, 0) is 13.0 Å². The van der Waals surface area contributed by atoms with Gasteiger partial charge in [-0.3, -0.25) is 9.69 Å². The molecule has 27 heavy (non-hydrogen) atoms. The largest absolute Gasteiger partial charge is 0.491 e. The van der Waals surface area contributed by atoms with Crippen LogP contribution < -0.4 is 4.74 Å². The molecular formula is C21H23BrN2O3. The maximum atomic E-state index is 12.8. The van der Waals surface area contributed by atoms with Crippen LogP contribution in [0.15, 0.2) is 46.9 Å². The third-order valence-corrected chi connectivity index (χ3v) is 5.68. The van der Waals surface area contributed by atoms with Crippen molar-refractivity contribution in [1.82, 2.24) is 9.80 Å². The molecule has 0 radical (unpaired) electrons. The van der Waals surface area contributed by atoms with E-state index in [2.05, 4.69) is 45.1 Å². The van der Waals surface area contributed by atoms with Crippen LogP contribution in [0.1, 0.15) is 21.5 Å². The van der Waals surface area contributed by atoms with Crippen molar-refractivity contribution in [2.45, 2.75) is 19.1 Å². The van der Waals surface area contributed by atoms with Gasteiger partial charge in [0.05, 0.1) is 18.2 Å². The van der Waals surface area contributed by atoms with Crippen LogP contribution in [0.5, 0.6) is 5.75 Å². The van der Waals surface area contributed by atoms with Gasteiger partial charge in [0.1, 0.15) is 12.4 Å². The summed E-state index contributed by atoms with van der Waals surface area (Å²) < 4.78 is 6.60.